The predicted molar refractivity (Wildman–Crippen MR) is 108 cm³/mol. The largest absolute Gasteiger partial charge is 0.346 e. The summed E-state index contributed by atoms with van der Waals surface area (Å²) >= 11 is 2.85. The molecule has 6 nitrogen and oxygen atoms in total. The number of nitrogens with zero attached hydrogens (tertiary/aromatic N) is 3. The van der Waals surface area contributed by atoms with Gasteiger partial charge in [-0.05, 0) is 24.6 Å². The van der Waals surface area contributed by atoms with E-state index in [0.717, 1.165) is 26.8 Å². The quantitative estimate of drug-likeness (QED) is 0.483. The van der Waals surface area contributed by atoms with Gasteiger partial charge in [-0.15, -0.1) is 10.2 Å². The van der Waals surface area contributed by atoms with Gasteiger partial charge in [-0.2, -0.15) is 0 Å². The summed E-state index contributed by atoms with van der Waals surface area (Å²) in [6.45, 7) is 2.51. The number of fused-ring (bicyclic) bond motifs is 1. The normalized spacial score (nSPS) is 11.0. The first kappa shape index (κ1) is 17.7. The minimum atomic E-state index is -0.201. The molecule has 0 aliphatic carbocycles. The van der Waals surface area contributed by atoms with E-state index in [0.29, 0.717) is 17.3 Å². The zero-order valence-electron chi connectivity index (χ0n) is 14.6. The maximum atomic E-state index is 12.3. The fourth-order valence-corrected chi connectivity index (χ4v) is 4.12. The molecule has 136 valence electrons. The van der Waals surface area contributed by atoms with E-state index in [2.05, 4.69) is 25.5 Å². The number of aryl methyl sites for hydroxylation is 1. The van der Waals surface area contributed by atoms with Crippen LogP contribution in [-0.2, 0) is 12.3 Å². The number of nitrogens with one attached hydrogen (secondary N) is 2. The molecular weight excluding hydrogens is 378 g/mol. The van der Waals surface area contributed by atoms with Crippen LogP contribution in [0.15, 0.2) is 53.7 Å². The van der Waals surface area contributed by atoms with Gasteiger partial charge in [0, 0.05) is 6.54 Å². The SMILES string of the molecule is Cc1ccc(CNC(=O)c2nnc(CSc3nc4ccccc4[nH]3)s2)cc1. The zero-order valence-corrected chi connectivity index (χ0v) is 16.2. The molecular formula is C19H17N5OS2. The molecule has 4 aromatic rings. The van der Waals surface area contributed by atoms with Gasteiger partial charge in [-0.3, -0.25) is 4.79 Å². The third kappa shape index (κ3) is 4.35. The number of imidazole rings is 1. The fraction of sp³-hybridized carbons (Fsp3) is 0.158. The Labute approximate surface area is 164 Å². The smallest absolute Gasteiger partial charge is 0.282 e. The molecule has 0 radical (unpaired) electrons. The summed E-state index contributed by atoms with van der Waals surface area (Å²) in [4.78, 5) is 20.1. The number of hydrogen-bond donors (Lipinski definition) is 2. The van der Waals surface area contributed by atoms with Crippen LogP contribution in [-0.4, -0.2) is 26.1 Å². The van der Waals surface area contributed by atoms with E-state index in [4.69, 9.17) is 0 Å². The summed E-state index contributed by atoms with van der Waals surface area (Å²) in [5.74, 6) is 0.413. The van der Waals surface area contributed by atoms with E-state index in [1.807, 2.05) is 55.5 Å². The van der Waals surface area contributed by atoms with Crippen molar-refractivity contribution in [3.8, 4) is 0 Å². The lowest BCUT2D eigenvalue weighted by molar-refractivity contribution is 0.0950. The van der Waals surface area contributed by atoms with Gasteiger partial charge in [0.25, 0.3) is 5.91 Å². The lowest BCUT2D eigenvalue weighted by Gasteiger charge is -2.03. The van der Waals surface area contributed by atoms with Crippen molar-refractivity contribution in [2.75, 3.05) is 0 Å². The standard InChI is InChI=1S/C19H17N5OS2/c1-12-6-8-13(9-7-12)10-20-17(25)18-24-23-16(27-18)11-26-19-21-14-4-2-3-5-15(14)22-19/h2-9H,10-11H2,1H3,(H,20,25)(H,21,22). The highest BCUT2D eigenvalue weighted by Crippen LogP contribution is 2.24. The number of aromatic nitrogens is 4. The van der Waals surface area contributed by atoms with Crippen molar-refractivity contribution in [2.45, 2.75) is 24.4 Å². The van der Waals surface area contributed by atoms with Crippen LogP contribution in [0, 0.1) is 6.92 Å². The van der Waals surface area contributed by atoms with Crippen molar-refractivity contribution in [2.24, 2.45) is 0 Å². The van der Waals surface area contributed by atoms with Crippen LogP contribution in [0.2, 0.25) is 0 Å². The van der Waals surface area contributed by atoms with Crippen LogP contribution >= 0.6 is 23.1 Å². The number of benzene rings is 2. The number of thioether (sulfide) groups is 1. The third-order valence-corrected chi connectivity index (χ3v) is 5.92. The van der Waals surface area contributed by atoms with Gasteiger partial charge >= 0.3 is 0 Å². The monoisotopic (exact) mass is 395 g/mol. The molecule has 0 atom stereocenters. The Kier molecular flexibility index (Phi) is 5.17. The Morgan fingerprint density at radius 1 is 1.15 bits per heavy atom. The molecule has 0 spiro atoms. The zero-order chi connectivity index (χ0) is 18.6. The maximum absolute atomic E-state index is 12.3. The molecule has 8 heteroatoms. The first-order valence-electron chi connectivity index (χ1n) is 8.41. The number of carbonyl (C=O) groups is 1. The number of rotatable bonds is 6. The predicted octanol–water partition coefficient (Wildman–Crippen LogP) is 3.95. The number of H-pyrrole nitrogens is 1. The summed E-state index contributed by atoms with van der Waals surface area (Å²) in [6.07, 6.45) is 0. The van der Waals surface area contributed by atoms with Gasteiger partial charge in [0.2, 0.25) is 5.01 Å². The molecule has 0 aliphatic rings. The number of para-hydroxylation sites is 2. The van der Waals surface area contributed by atoms with E-state index >= 15 is 0 Å². The number of amides is 1. The molecule has 0 unspecified atom stereocenters. The average Bonchev–Trinajstić information content (AvgIpc) is 3.32. The number of carbonyl (C=O) groups excluding carboxylic acids is 1. The van der Waals surface area contributed by atoms with Crippen LogP contribution in [0.25, 0.3) is 11.0 Å². The van der Waals surface area contributed by atoms with E-state index in [9.17, 15) is 4.79 Å². The molecule has 2 aromatic heterocycles. The maximum Gasteiger partial charge on any atom is 0.282 e. The Morgan fingerprint density at radius 2 is 1.96 bits per heavy atom. The summed E-state index contributed by atoms with van der Waals surface area (Å²) in [5.41, 5.74) is 4.20. The Balaban J connectivity index is 1.33. The molecule has 0 saturated heterocycles. The number of hydrogen-bond acceptors (Lipinski definition) is 6. The molecule has 2 heterocycles. The lowest BCUT2D eigenvalue weighted by Crippen LogP contribution is -2.22. The first-order chi connectivity index (χ1) is 13.2. The molecule has 0 aliphatic heterocycles. The first-order valence-corrected chi connectivity index (χ1v) is 10.2. The van der Waals surface area contributed by atoms with Crippen LogP contribution in [0.5, 0.6) is 0 Å². The van der Waals surface area contributed by atoms with Crippen LogP contribution in [0.4, 0.5) is 0 Å². The van der Waals surface area contributed by atoms with Crippen molar-refractivity contribution in [3.63, 3.8) is 0 Å². The van der Waals surface area contributed by atoms with Crippen LogP contribution in [0.1, 0.15) is 25.9 Å². The van der Waals surface area contributed by atoms with Gasteiger partial charge in [-0.25, -0.2) is 4.98 Å². The summed E-state index contributed by atoms with van der Waals surface area (Å²) in [5, 5.41) is 13.0. The second kappa shape index (κ2) is 7.89. The van der Waals surface area contributed by atoms with E-state index in [1.165, 1.54) is 16.9 Å². The van der Waals surface area contributed by atoms with Crippen LogP contribution in [0.3, 0.4) is 0 Å². The summed E-state index contributed by atoms with van der Waals surface area (Å²) in [7, 11) is 0. The van der Waals surface area contributed by atoms with Gasteiger partial charge in [-0.1, -0.05) is 65.1 Å². The van der Waals surface area contributed by atoms with E-state index in [1.54, 1.807) is 11.8 Å². The summed E-state index contributed by atoms with van der Waals surface area (Å²) < 4.78 is 0. The van der Waals surface area contributed by atoms with Gasteiger partial charge in [0.1, 0.15) is 5.01 Å². The molecule has 27 heavy (non-hydrogen) atoms. The highest BCUT2D eigenvalue weighted by molar-refractivity contribution is 7.98. The van der Waals surface area contributed by atoms with Crippen molar-refractivity contribution in [3.05, 3.63) is 69.7 Å². The molecule has 0 bridgehead atoms. The van der Waals surface area contributed by atoms with Crippen molar-refractivity contribution in [1.29, 1.82) is 0 Å². The van der Waals surface area contributed by atoms with Gasteiger partial charge in [0.15, 0.2) is 5.16 Å². The lowest BCUT2D eigenvalue weighted by atomic mass is 10.1. The Morgan fingerprint density at radius 3 is 2.78 bits per heavy atom. The van der Waals surface area contributed by atoms with Crippen molar-refractivity contribution in [1.82, 2.24) is 25.5 Å². The topological polar surface area (TPSA) is 83.6 Å². The molecule has 0 fully saturated rings. The molecule has 2 N–H and O–H groups in total. The van der Waals surface area contributed by atoms with E-state index < -0.39 is 0 Å². The van der Waals surface area contributed by atoms with Crippen LogP contribution < -0.4 is 5.32 Å². The third-order valence-electron chi connectivity index (χ3n) is 3.93. The van der Waals surface area contributed by atoms with Crippen molar-refractivity contribution < 1.29 is 4.79 Å². The Hall–Kier alpha value is -2.71. The highest BCUT2D eigenvalue weighted by Gasteiger charge is 2.13. The highest BCUT2D eigenvalue weighted by atomic mass is 32.2. The second-order valence-corrected chi connectivity index (χ2v) is 8.04. The van der Waals surface area contributed by atoms with Gasteiger partial charge < -0.3 is 10.3 Å². The molecule has 4 rings (SSSR count). The van der Waals surface area contributed by atoms with Gasteiger partial charge in [0.05, 0.1) is 16.8 Å². The van der Waals surface area contributed by atoms with E-state index in [-0.39, 0.29) is 5.91 Å². The fourth-order valence-electron chi connectivity index (χ4n) is 2.50. The second-order valence-electron chi connectivity index (χ2n) is 6.02. The minimum Gasteiger partial charge on any atom is -0.346 e. The molecule has 0 saturated carbocycles. The molecule has 2 aromatic carbocycles. The average molecular weight is 396 g/mol. The van der Waals surface area contributed by atoms with Crippen molar-refractivity contribution >= 4 is 40.0 Å². The number of aromatic amines is 1. The minimum absolute atomic E-state index is 0.201. The Bertz CT molecular complexity index is 1040. The molecule has 1 amide bonds. The summed E-state index contributed by atoms with van der Waals surface area (Å²) in [6, 6.07) is 16.0.